The third-order valence-corrected chi connectivity index (χ3v) is 3.02. The van der Waals surface area contributed by atoms with Gasteiger partial charge in [-0.2, -0.15) is 0 Å². The molecular weight excluding hydrogens is 248 g/mol. The minimum absolute atomic E-state index is 0.526. The number of rotatable bonds is 3. The van der Waals surface area contributed by atoms with Crippen molar-refractivity contribution in [1.29, 1.82) is 0 Å². The number of aldehydes is 1. The molecule has 3 nitrogen and oxygen atoms in total. The third-order valence-electron chi connectivity index (χ3n) is 2.03. The van der Waals surface area contributed by atoms with Crippen molar-refractivity contribution < 1.29 is 14.3 Å². The van der Waals surface area contributed by atoms with Crippen LogP contribution in [0.15, 0.2) is 10.5 Å². The lowest BCUT2D eigenvalue weighted by molar-refractivity contribution is 0.112. The Hall–Kier alpha value is -1.03. The van der Waals surface area contributed by atoms with E-state index in [1.165, 1.54) is 7.11 Å². The number of benzene rings is 1. The Morgan fingerprint density at radius 2 is 1.86 bits per heavy atom. The van der Waals surface area contributed by atoms with Gasteiger partial charge in [0, 0.05) is 6.07 Å². The van der Waals surface area contributed by atoms with Crippen LogP contribution < -0.4 is 9.47 Å². The van der Waals surface area contributed by atoms with Crippen molar-refractivity contribution in [2.75, 3.05) is 14.2 Å². The van der Waals surface area contributed by atoms with Gasteiger partial charge in [-0.25, -0.2) is 0 Å². The van der Waals surface area contributed by atoms with E-state index in [1.54, 1.807) is 13.2 Å². The first-order valence-electron chi connectivity index (χ1n) is 4.02. The summed E-state index contributed by atoms with van der Waals surface area (Å²) in [7, 11) is 3.09. The minimum Gasteiger partial charge on any atom is -0.496 e. The highest BCUT2D eigenvalue weighted by atomic mass is 79.9. The topological polar surface area (TPSA) is 35.5 Å². The van der Waals surface area contributed by atoms with E-state index >= 15 is 0 Å². The van der Waals surface area contributed by atoms with E-state index in [4.69, 9.17) is 9.47 Å². The summed E-state index contributed by atoms with van der Waals surface area (Å²) in [6.07, 6.45) is 0.776. The molecule has 0 amide bonds. The zero-order valence-electron chi connectivity index (χ0n) is 8.26. The Labute approximate surface area is 91.1 Å². The van der Waals surface area contributed by atoms with Gasteiger partial charge in [-0.3, -0.25) is 4.79 Å². The number of hydrogen-bond donors (Lipinski definition) is 0. The van der Waals surface area contributed by atoms with Crippen LogP contribution in [0, 0.1) is 6.92 Å². The summed E-state index contributed by atoms with van der Waals surface area (Å²) in [5.74, 6) is 1.18. The number of carbonyl (C=O) groups excluding carboxylic acids is 1. The summed E-state index contributed by atoms with van der Waals surface area (Å²) < 4.78 is 11.0. The smallest absolute Gasteiger partial charge is 0.154 e. The van der Waals surface area contributed by atoms with E-state index in [0.29, 0.717) is 17.1 Å². The molecule has 1 rings (SSSR count). The van der Waals surface area contributed by atoms with Crippen molar-refractivity contribution in [2.45, 2.75) is 6.92 Å². The molecule has 0 bridgehead atoms. The van der Waals surface area contributed by atoms with Gasteiger partial charge in [0.05, 0.1) is 24.3 Å². The fourth-order valence-corrected chi connectivity index (χ4v) is 1.70. The normalized spacial score (nSPS) is 9.71. The second kappa shape index (κ2) is 4.46. The van der Waals surface area contributed by atoms with Gasteiger partial charge in [-0.1, -0.05) is 0 Å². The van der Waals surface area contributed by atoms with Crippen LogP contribution in [0.5, 0.6) is 11.5 Å². The van der Waals surface area contributed by atoms with Gasteiger partial charge in [0.1, 0.15) is 11.5 Å². The Morgan fingerprint density at radius 1 is 1.29 bits per heavy atom. The van der Waals surface area contributed by atoms with Gasteiger partial charge in [-0.05, 0) is 28.4 Å². The van der Waals surface area contributed by atoms with Gasteiger partial charge >= 0.3 is 0 Å². The van der Waals surface area contributed by atoms with Crippen LogP contribution in [-0.2, 0) is 0 Å². The van der Waals surface area contributed by atoms with Crippen molar-refractivity contribution in [2.24, 2.45) is 0 Å². The van der Waals surface area contributed by atoms with Crippen LogP contribution in [-0.4, -0.2) is 20.5 Å². The van der Waals surface area contributed by atoms with E-state index < -0.39 is 0 Å². The molecule has 0 N–H and O–H groups in total. The molecule has 0 saturated heterocycles. The third kappa shape index (κ3) is 1.75. The van der Waals surface area contributed by atoms with Crippen molar-refractivity contribution in [1.82, 2.24) is 0 Å². The van der Waals surface area contributed by atoms with E-state index in [0.717, 1.165) is 16.3 Å². The number of hydrogen-bond acceptors (Lipinski definition) is 3. The lowest BCUT2D eigenvalue weighted by atomic mass is 10.1. The number of halogens is 1. The largest absolute Gasteiger partial charge is 0.496 e. The summed E-state index contributed by atoms with van der Waals surface area (Å²) in [6, 6.07) is 1.68. The molecule has 0 atom stereocenters. The van der Waals surface area contributed by atoms with Crippen LogP contribution >= 0.6 is 15.9 Å². The quantitative estimate of drug-likeness (QED) is 0.782. The maximum atomic E-state index is 10.8. The van der Waals surface area contributed by atoms with E-state index in [2.05, 4.69) is 15.9 Å². The Balaban J connectivity index is 3.45. The summed E-state index contributed by atoms with van der Waals surface area (Å²) in [5.41, 5.74) is 1.36. The Morgan fingerprint density at radius 3 is 2.29 bits per heavy atom. The van der Waals surface area contributed by atoms with Crippen LogP contribution in [0.4, 0.5) is 0 Å². The molecule has 0 fully saturated rings. The summed E-state index contributed by atoms with van der Waals surface area (Å²) >= 11 is 3.36. The zero-order chi connectivity index (χ0) is 10.7. The predicted molar refractivity (Wildman–Crippen MR) is 57.4 cm³/mol. The first-order chi connectivity index (χ1) is 6.65. The number of carbonyl (C=O) groups is 1. The van der Waals surface area contributed by atoms with E-state index in [-0.39, 0.29) is 0 Å². The molecule has 4 heteroatoms. The highest BCUT2D eigenvalue weighted by molar-refractivity contribution is 9.10. The molecule has 76 valence electrons. The summed E-state index contributed by atoms with van der Waals surface area (Å²) in [4.78, 5) is 10.8. The predicted octanol–water partition coefficient (Wildman–Crippen LogP) is 2.59. The first-order valence-corrected chi connectivity index (χ1v) is 4.81. The van der Waals surface area contributed by atoms with Gasteiger partial charge in [-0.15, -0.1) is 0 Å². The zero-order valence-corrected chi connectivity index (χ0v) is 9.84. The fourth-order valence-electron chi connectivity index (χ4n) is 1.21. The molecule has 1 aromatic carbocycles. The van der Waals surface area contributed by atoms with Gasteiger partial charge < -0.3 is 9.47 Å². The Bertz CT molecular complexity index is 361. The number of methoxy groups -OCH3 is 2. The van der Waals surface area contributed by atoms with Crippen molar-refractivity contribution >= 4 is 22.2 Å². The number of ether oxygens (including phenoxy) is 2. The standard InChI is InChI=1S/C10H11BrO3/c1-6-7(5-12)8(13-2)4-9(14-3)10(6)11/h4-5H,1-3H3. The Kier molecular flexibility index (Phi) is 3.52. The molecule has 0 saturated carbocycles. The summed E-state index contributed by atoms with van der Waals surface area (Å²) in [5, 5.41) is 0. The van der Waals surface area contributed by atoms with E-state index in [1.807, 2.05) is 6.92 Å². The van der Waals surface area contributed by atoms with Crippen molar-refractivity contribution in [3.8, 4) is 11.5 Å². The van der Waals surface area contributed by atoms with Crippen LogP contribution in [0.3, 0.4) is 0 Å². The maximum absolute atomic E-state index is 10.8. The van der Waals surface area contributed by atoms with Gasteiger partial charge in [0.25, 0.3) is 0 Å². The lowest BCUT2D eigenvalue weighted by Gasteiger charge is -2.12. The molecule has 0 unspecified atom stereocenters. The highest BCUT2D eigenvalue weighted by Crippen LogP contribution is 2.35. The minimum atomic E-state index is 0.526. The SMILES string of the molecule is COc1cc(OC)c(C=O)c(C)c1Br. The van der Waals surface area contributed by atoms with Crippen LogP contribution in [0.1, 0.15) is 15.9 Å². The highest BCUT2D eigenvalue weighted by Gasteiger charge is 2.13. The van der Waals surface area contributed by atoms with Crippen molar-refractivity contribution in [3.63, 3.8) is 0 Å². The molecule has 0 radical (unpaired) electrons. The monoisotopic (exact) mass is 258 g/mol. The molecule has 1 aromatic rings. The van der Waals surface area contributed by atoms with Crippen molar-refractivity contribution in [3.05, 3.63) is 21.7 Å². The molecule has 0 aliphatic rings. The molecule has 0 heterocycles. The molecular formula is C10H11BrO3. The average molecular weight is 259 g/mol. The van der Waals surface area contributed by atoms with E-state index in [9.17, 15) is 4.79 Å². The molecule has 0 aromatic heterocycles. The van der Waals surface area contributed by atoms with Crippen LogP contribution in [0.25, 0.3) is 0 Å². The average Bonchev–Trinajstić information content (AvgIpc) is 2.21. The molecule has 14 heavy (non-hydrogen) atoms. The first kappa shape index (κ1) is 11.0. The van der Waals surface area contributed by atoms with Gasteiger partial charge in [0.15, 0.2) is 6.29 Å². The molecule has 0 aliphatic carbocycles. The van der Waals surface area contributed by atoms with Crippen LogP contribution in [0.2, 0.25) is 0 Å². The lowest BCUT2D eigenvalue weighted by Crippen LogP contribution is -1.97. The second-order valence-electron chi connectivity index (χ2n) is 2.75. The fraction of sp³-hybridized carbons (Fsp3) is 0.300. The second-order valence-corrected chi connectivity index (χ2v) is 3.54. The maximum Gasteiger partial charge on any atom is 0.154 e. The van der Waals surface area contributed by atoms with Gasteiger partial charge in [0.2, 0.25) is 0 Å². The summed E-state index contributed by atoms with van der Waals surface area (Å²) in [6.45, 7) is 1.83. The molecule has 0 spiro atoms. The molecule has 0 aliphatic heterocycles.